The number of halogens is 1. The minimum atomic E-state index is -4.24. The van der Waals surface area contributed by atoms with Gasteiger partial charge >= 0.3 is 0 Å². The molecular weight excluding hydrogens is 281 g/mol. The highest BCUT2D eigenvalue weighted by molar-refractivity contribution is 7.89. The van der Waals surface area contributed by atoms with Gasteiger partial charge in [-0.1, -0.05) is 0 Å². The number of nitrogen functional groups attached to an aromatic ring is 1. The molecule has 0 heterocycles. The Morgan fingerprint density at radius 1 is 1.42 bits per heavy atom. The second-order valence-corrected chi connectivity index (χ2v) is 5.29. The highest BCUT2D eigenvalue weighted by Crippen LogP contribution is 2.29. The first kappa shape index (κ1) is 15.2. The van der Waals surface area contributed by atoms with Gasteiger partial charge in [0.25, 0.3) is 15.7 Å². The van der Waals surface area contributed by atoms with Crippen LogP contribution in [0.1, 0.15) is 0 Å². The number of anilines is 1. The first-order chi connectivity index (χ1) is 8.69. The minimum absolute atomic E-state index is 0.416. The van der Waals surface area contributed by atoms with Crippen molar-refractivity contribution >= 4 is 21.4 Å². The number of nitrogens with zero attached hydrogens (tertiary/aromatic N) is 2. The zero-order valence-electron chi connectivity index (χ0n) is 10.0. The molecule has 0 aromatic heterocycles. The predicted molar refractivity (Wildman–Crippen MR) is 64.9 cm³/mol. The fraction of sp³-hybridized carbons (Fsp3) is 0.250. The van der Waals surface area contributed by atoms with Gasteiger partial charge in [-0.3, -0.25) is 16.0 Å². The second-order valence-electron chi connectivity index (χ2n) is 3.69. The summed E-state index contributed by atoms with van der Waals surface area (Å²) in [6.45, 7) is 0. The fourth-order valence-corrected chi connectivity index (χ4v) is 2.65. The van der Waals surface area contributed by atoms with E-state index in [-0.39, 0.29) is 0 Å². The van der Waals surface area contributed by atoms with Crippen molar-refractivity contribution in [3.8, 4) is 0 Å². The Labute approximate surface area is 108 Å². The minimum Gasteiger partial charge on any atom is -0.323 e. The van der Waals surface area contributed by atoms with Gasteiger partial charge in [-0.15, -0.1) is 4.83 Å². The quantitative estimate of drug-likeness (QED) is 0.388. The standard InChI is InChI=1S/C8H12FN5O4S/c1-13(2)12-19(17,18)8-6(9)3-5(14(15)16)4-7(8)11-10/h3-4,11-12H,10H2,1-2H3. The van der Waals surface area contributed by atoms with Crippen LogP contribution in [-0.4, -0.2) is 32.4 Å². The summed E-state index contributed by atoms with van der Waals surface area (Å²) in [7, 11) is -1.47. The summed E-state index contributed by atoms with van der Waals surface area (Å²) >= 11 is 0. The number of benzene rings is 1. The Morgan fingerprint density at radius 3 is 2.42 bits per heavy atom. The highest BCUT2D eigenvalue weighted by atomic mass is 32.2. The molecule has 1 aromatic rings. The largest absolute Gasteiger partial charge is 0.323 e. The summed E-state index contributed by atoms with van der Waals surface area (Å²) in [5.41, 5.74) is 0.897. The molecule has 0 fully saturated rings. The third kappa shape index (κ3) is 3.35. The molecule has 11 heteroatoms. The van der Waals surface area contributed by atoms with Crippen molar-refractivity contribution in [2.75, 3.05) is 19.5 Å². The van der Waals surface area contributed by atoms with Crippen molar-refractivity contribution in [1.29, 1.82) is 0 Å². The molecule has 0 radical (unpaired) electrons. The number of hydrogen-bond acceptors (Lipinski definition) is 7. The van der Waals surface area contributed by atoms with Crippen LogP contribution in [0.2, 0.25) is 0 Å². The maximum absolute atomic E-state index is 13.8. The van der Waals surface area contributed by atoms with Crippen molar-refractivity contribution in [3.05, 3.63) is 28.1 Å². The molecule has 0 atom stereocenters. The van der Waals surface area contributed by atoms with E-state index < -0.39 is 37.0 Å². The molecule has 0 saturated carbocycles. The second kappa shape index (κ2) is 5.44. The molecule has 0 aliphatic heterocycles. The zero-order valence-corrected chi connectivity index (χ0v) is 10.9. The van der Waals surface area contributed by atoms with E-state index in [0.29, 0.717) is 6.07 Å². The number of nitro benzene ring substituents is 1. The smallest absolute Gasteiger partial charge is 0.274 e. The molecule has 0 aliphatic rings. The predicted octanol–water partition coefficient (Wildman–Crippen LogP) is -0.226. The Bertz CT molecular complexity index is 603. The summed E-state index contributed by atoms with van der Waals surface area (Å²) in [5.74, 6) is 3.79. The number of hydrogen-bond donors (Lipinski definition) is 3. The van der Waals surface area contributed by atoms with Gasteiger partial charge in [0, 0.05) is 20.2 Å². The van der Waals surface area contributed by atoms with Crippen LogP contribution < -0.4 is 16.1 Å². The molecule has 0 spiro atoms. The van der Waals surface area contributed by atoms with E-state index in [1.807, 2.05) is 10.3 Å². The van der Waals surface area contributed by atoms with Crippen LogP contribution in [0.15, 0.2) is 17.0 Å². The van der Waals surface area contributed by atoms with E-state index in [1.54, 1.807) is 0 Å². The number of nitrogens with two attached hydrogens (primary N) is 1. The van der Waals surface area contributed by atoms with Crippen molar-refractivity contribution in [2.45, 2.75) is 4.90 Å². The summed E-state index contributed by atoms with van der Waals surface area (Å²) in [6.07, 6.45) is 0. The maximum atomic E-state index is 13.8. The monoisotopic (exact) mass is 293 g/mol. The van der Waals surface area contributed by atoms with Crippen LogP contribution in [0.3, 0.4) is 0 Å². The number of rotatable bonds is 5. The Balaban J connectivity index is 3.48. The lowest BCUT2D eigenvalue weighted by Gasteiger charge is -2.15. The van der Waals surface area contributed by atoms with Crippen LogP contribution in [0.4, 0.5) is 15.8 Å². The van der Waals surface area contributed by atoms with Gasteiger partial charge in [0.15, 0.2) is 5.82 Å². The fourth-order valence-electron chi connectivity index (χ4n) is 1.35. The number of sulfonamides is 1. The molecule has 4 N–H and O–H groups in total. The van der Waals surface area contributed by atoms with Crippen LogP contribution >= 0.6 is 0 Å². The first-order valence-electron chi connectivity index (χ1n) is 4.83. The number of non-ortho nitro benzene ring substituents is 1. The summed E-state index contributed by atoms with van der Waals surface area (Å²) in [6, 6.07) is 1.33. The zero-order chi connectivity index (χ0) is 14.8. The Kier molecular flexibility index (Phi) is 4.36. The molecule has 0 bridgehead atoms. The molecular formula is C8H12FN5O4S. The first-order valence-corrected chi connectivity index (χ1v) is 6.31. The SMILES string of the molecule is CN(C)NS(=O)(=O)c1c(F)cc([N+](=O)[O-])cc1NN. The van der Waals surface area contributed by atoms with Gasteiger partial charge in [-0.05, 0) is 0 Å². The Hall–Kier alpha value is -1.82. The highest BCUT2D eigenvalue weighted by Gasteiger charge is 2.27. The molecule has 1 aromatic carbocycles. The molecule has 9 nitrogen and oxygen atoms in total. The summed E-state index contributed by atoms with van der Waals surface area (Å²) < 4.78 is 37.5. The summed E-state index contributed by atoms with van der Waals surface area (Å²) in [5, 5.41) is 11.6. The van der Waals surface area contributed by atoms with E-state index in [4.69, 9.17) is 5.84 Å². The van der Waals surface area contributed by atoms with Gasteiger partial charge in [-0.25, -0.2) is 17.8 Å². The van der Waals surface area contributed by atoms with Crippen molar-refractivity contribution in [1.82, 2.24) is 9.84 Å². The third-order valence-electron chi connectivity index (χ3n) is 1.97. The maximum Gasteiger partial charge on any atom is 0.274 e. The van der Waals surface area contributed by atoms with Crippen LogP contribution in [-0.2, 0) is 10.0 Å². The van der Waals surface area contributed by atoms with E-state index in [2.05, 4.69) is 0 Å². The van der Waals surface area contributed by atoms with Gasteiger partial charge < -0.3 is 5.43 Å². The lowest BCUT2D eigenvalue weighted by Crippen LogP contribution is -2.37. The number of hydrazine groups is 2. The number of nitro groups is 1. The van der Waals surface area contributed by atoms with Crippen LogP contribution in [0.25, 0.3) is 0 Å². The molecule has 19 heavy (non-hydrogen) atoms. The van der Waals surface area contributed by atoms with Gasteiger partial charge in [0.1, 0.15) is 4.90 Å². The number of nitrogens with one attached hydrogen (secondary N) is 2. The van der Waals surface area contributed by atoms with E-state index in [1.165, 1.54) is 14.1 Å². The van der Waals surface area contributed by atoms with Crippen LogP contribution in [0, 0.1) is 15.9 Å². The van der Waals surface area contributed by atoms with Crippen molar-refractivity contribution < 1.29 is 17.7 Å². The van der Waals surface area contributed by atoms with Gasteiger partial charge in [0.05, 0.1) is 16.7 Å². The molecule has 0 aliphatic carbocycles. The third-order valence-corrected chi connectivity index (χ3v) is 3.52. The molecule has 0 saturated heterocycles. The van der Waals surface area contributed by atoms with Gasteiger partial charge in [0.2, 0.25) is 0 Å². The molecule has 1 rings (SSSR count). The lowest BCUT2D eigenvalue weighted by atomic mass is 10.3. The average Bonchev–Trinajstić information content (AvgIpc) is 2.25. The molecule has 106 valence electrons. The topological polar surface area (TPSA) is 131 Å². The average molecular weight is 293 g/mol. The van der Waals surface area contributed by atoms with Crippen molar-refractivity contribution in [2.24, 2.45) is 5.84 Å². The summed E-state index contributed by atoms with van der Waals surface area (Å²) in [4.78, 5) is 10.9. The Morgan fingerprint density at radius 2 is 2.00 bits per heavy atom. The lowest BCUT2D eigenvalue weighted by molar-refractivity contribution is -0.385. The normalized spacial score (nSPS) is 11.6. The molecule has 0 amide bonds. The van der Waals surface area contributed by atoms with E-state index >= 15 is 0 Å². The van der Waals surface area contributed by atoms with E-state index in [9.17, 15) is 22.9 Å². The molecule has 0 unspecified atom stereocenters. The van der Waals surface area contributed by atoms with Crippen LogP contribution in [0.5, 0.6) is 0 Å². The van der Waals surface area contributed by atoms with Crippen molar-refractivity contribution in [3.63, 3.8) is 0 Å². The van der Waals surface area contributed by atoms with E-state index in [0.717, 1.165) is 11.1 Å². The van der Waals surface area contributed by atoms with Gasteiger partial charge in [-0.2, -0.15) is 0 Å².